The van der Waals surface area contributed by atoms with Crippen LogP contribution in [0, 0.1) is 0 Å². The maximum absolute atomic E-state index is 12.0. The van der Waals surface area contributed by atoms with Crippen LogP contribution < -0.4 is 10.6 Å². The molecule has 0 saturated carbocycles. The average Bonchev–Trinajstić information content (AvgIpc) is 2.62. The first-order valence-corrected chi connectivity index (χ1v) is 8.95. The normalized spacial score (nSPS) is 11.5. The molecule has 5 nitrogen and oxygen atoms in total. The molecule has 0 aliphatic carbocycles. The molecule has 1 atom stereocenters. The second-order valence-electron chi connectivity index (χ2n) is 6.04. The Hall–Kier alpha value is -2.53. The number of nitrogens with zero attached hydrogens (tertiary/aromatic N) is 1. The number of hydrogen-bond acceptors (Lipinski definition) is 2. The van der Waals surface area contributed by atoms with Gasteiger partial charge in [0, 0.05) is 30.7 Å². The number of carbonyl (C=O) groups is 2. The van der Waals surface area contributed by atoms with E-state index in [9.17, 15) is 9.59 Å². The molecule has 0 aromatic heterocycles. The first-order valence-electron chi connectivity index (χ1n) is 8.57. The van der Waals surface area contributed by atoms with Crippen molar-refractivity contribution in [3.8, 4) is 0 Å². The van der Waals surface area contributed by atoms with Crippen LogP contribution in [-0.2, 0) is 11.3 Å². The molecular weight excluding hydrogens is 350 g/mol. The molecule has 0 unspecified atom stereocenters. The quantitative estimate of drug-likeness (QED) is 0.777. The van der Waals surface area contributed by atoms with Crippen LogP contribution in [0.1, 0.15) is 37.9 Å². The summed E-state index contributed by atoms with van der Waals surface area (Å²) >= 11 is 5.84. The van der Waals surface area contributed by atoms with Crippen LogP contribution in [0.3, 0.4) is 0 Å². The van der Waals surface area contributed by atoms with Gasteiger partial charge in [0.15, 0.2) is 0 Å². The Kier molecular flexibility index (Phi) is 7.04. The van der Waals surface area contributed by atoms with E-state index in [4.69, 9.17) is 11.6 Å². The monoisotopic (exact) mass is 373 g/mol. The number of hydrogen-bond donors (Lipinski definition) is 2. The Morgan fingerprint density at radius 1 is 1.08 bits per heavy atom. The van der Waals surface area contributed by atoms with Gasteiger partial charge in [-0.05, 0) is 49.2 Å². The summed E-state index contributed by atoms with van der Waals surface area (Å²) in [6.07, 6.45) is 0. The highest BCUT2D eigenvalue weighted by molar-refractivity contribution is 6.30. The summed E-state index contributed by atoms with van der Waals surface area (Å²) in [7, 11) is 0. The van der Waals surface area contributed by atoms with Crippen LogP contribution in [0.2, 0.25) is 5.02 Å². The van der Waals surface area contributed by atoms with Crippen LogP contribution >= 0.6 is 11.6 Å². The summed E-state index contributed by atoms with van der Waals surface area (Å²) in [6.45, 7) is 6.59. The predicted octanol–water partition coefficient (Wildman–Crippen LogP) is 4.59. The lowest BCUT2D eigenvalue weighted by atomic mass is 10.1. The summed E-state index contributed by atoms with van der Waals surface area (Å²) < 4.78 is 0. The third-order valence-electron chi connectivity index (χ3n) is 4.23. The van der Waals surface area contributed by atoms with Gasteiger partial charge in [0.25, 0.3) is 0 Å². The highest BCUT2D eigenvalue weighted by Gasteiger charge is 2.16. The fourth-order valence-corrected chi connectivity index (χ4v) is 2.88. The third kappa shape index (κ3) is 5.49. The van der Waals surface area contributed by atoms with Crippen molar-refractivity contribution >= 4 is 29.2 Å². The summed E-state index contributed by atoms with van der Waals surface area (Å²) in [5.74, 6) is 0.0452. The van der Waals surface area contributed by atoms with Crippen LogP contribution in [0.25, 0.3) is 0 Å². The standard InChI is InChI=1S/C20H24ClN3O2/c1-4-24(15(3)25)14(2)17-7-11-19(12-8-17)23-20(26)22-13-16-5-9-18(21)10-6-16/h5-12,14H,4,13H2,1-3H3,(H2,22,23,26)/t14-/m1/s1. The molecule has 0 aliphatic rings. The molecule has 0 bridgehead atoms. The minimum atomic E-state index is -0.278. The predicted molar refractivity (Wildman–Crippen MR) is 105 cm³/mol. The number of benzene rings is 2. The fraction of sp³-hybridized carbons (Fsp3) is 0.300. The van der Waals surface area contributed by atoms with Gasteiger partial charge >= 0.3 is 6.03 Å². The van der Waals surface area contributed by atoms with E-state index in [0.29, 0.717) is 23.8 Å². The maximum atomic E-state index is 12.0. The molecule has 2 aromatic rings. The molecular formula is C20H24ClN3O2. The Labute approximate surface area is 159 Å². The number of nitrogens with one attached hydrogen (secondary N) is 2. The molecule has 0 heterocycles. The Morgan fingerprint density at radius 3 is 2.23 bits per heavy atom. The van der Waals surface area contributed by atoms with Crippen molar-refractivity contribution in [3.63, 3.8) is 0 Å². The van der Waals surface area contributed by atoms with Crippen LogP contribution in [-0.4, -0.2) is 23.4 Å². The molecule has 0 radical (unpaired) electrons. The first-order chi connectivity index (χ1) is 12.4. The maximum Gasteiger partial charge on any atom is 0.319 e. The van der Waals surface area contributed by atoms with Gasteiger partial charge < -0.3 is 15.5 Å². The Bertz CT molecular complexity index is 745. The molecule has 3 amide bonds. The van der Waals surface area contributed by atoms with Gasteiger partial charge in [-0.15, -0.1) is 0 Å². The van der Waals surface area contributed by atoms with E-state index >= 15 is 0 Å². The van der Waals surface area contributed by atoms with Gasteiger partial charge in [-0.1, -0.05) is 35.9 Å². The van der Waals surface area contributed by atoms with Crippen molar-refractivity contribution in [1.82, 2.24) is 10.2 Å². The fourth-order valence-electron chi connectivity index (χ4n) is 2.75. The van der Waals surface area contributed by atoms with E-state index in [1.54, 1.807) is 24.0 Å². The lowest BCUT2D eigenvalue weighted by molar-refractivity contribution is -0.130. The van der Waals surface area contributed by atoms with Gasteiger partial charge in [-0.2, -0.15) is 0 Å². The second-order valence-corrected chi connectivity index (χ2v) is 6.47. The zero-order valence-corrected chi connectivity index (χ0v) is 16.0. The van der Waals surface area contributed by atoms with Gasteiger partial charge in [0.05, 0.1) is 6.04 Å². The van der Waals surface area contributed by atoms with E-state index in [2.05, 4.69) is 10.6 Å². The highest BCUT2D eigenvalue weighted by atomic mass is 35.5. The Morgan fingerprint density at radius 2 is 1.69 bits per heavy atom. The number of urea groups is 1. The summed E-state index contributed by atoms with van der Waals surface area (Å²) in [4.78, 5) is 25.5. The second kappa shape index (κ2) is 9.25. The molecule has 2 aromatic carbocycles. The van der Waals surface area contributed by atoms with E-state index < -0.39 is 0 Å². The largest absolute Gasteiger partial charge is 0.336 e. The third-order valence-corrected chi connectivity index (χ3v) is 4.48. The molecule has 0 aliphatic heterocycles. The summed E-state index contributed by atoms with van der Waals surface area (Å²) in [5, 5.41) is 6.27. The van der Waals surface area contributed by atoms with Crippen molar-refractivity contribution in [3.05, 3.63) is 64.7 Å². The SMILES string of the molecule is CCN(C(C)=O)[C@H](C)c1ccc(NC(=O)NCc2ccc(Cl)cc2)cc1. The van der Waals surface area contributed by atoms with Gasteiger partial charge in [-0.3, -0.25) is 4.79 Å². The van der Waals surface area contributed by atoms with Crippen molar-refractivity contribution in [2.75, 3.05) is 11.9 Å². The molecule has 2 rings (SSSR count). The summed E-state index contributed by atoms with van der Waals surface area (Å²) in [5.41, 5.74) is 2.69. The van der Waals surface area contributed by atoms with E-state index in [1.165, 1.54) is 0 Å². The van der Waals surface area contributed by atoms with Crippen molar-refractivity contribution in [2.45, 2.75) is 33.4 Å². The molecule has 138 valence electrons. The number of carbonyl (C=O) groups excluding carboxylic acids is 2. The summed E-state index contributed by atoms with van der Waals surface area (Å²) in [6, 6.07) is 14.5. The minimum Gasteiger partial charge on any atom is -0.336 e. The zero-order chi connectivity index (χ0) is 19.1. The van der Waals surface area contributed by atoms with Gasteiger partial charge in [0.1, 0.15) is 0 Å². The van der Waals surface area contributed by atoms with Crippen LogP contribution in [0.5, 0.6) is 0 Å². The number of halogens is 1. The molecule has 6 heteroatoms. The van der Waals surface area contributed by atoms with E-state index in [-0.39, 0.29) is 18.0 Å². The van der Waals surface area contributed by atoms with Crippen molar-refractivity contribution in [2.24, 2.45) is 0 Å². The van der Waals surface area contributed by atoms with Crippen LogP contribution in [0.15, 0.2) is 48.5 Å². The zero-order valence-electron chi connectivity index (χ0n) is 15.3. The Balaban J connectivity index is 1.90. The van der Waals surface area contributed by atoms with Crippen molar-refractivity contribution < 1.29 is 9.59 Å². The number of rotatable bonds is 6. The van der Waals surface area contributed by atoms with Crippen LogP contribution in [0.4, 0.5) is 10.5 Å². The first kappa shape index (κ1) is 19.8. The molecule has 26 heavy (non-hydrogen) atoms. The molecule has 2 N–H and O–H groups in total. The average molecular weight is 374 g/mol. The van der Waals surface area contributed by atoms with Gasteiger partial charge in [0.2, 0.25) is 5.91 Å². The molecule has 0 saturated heterocycles. The van der Waals surface area contributed by atoms with Gasteiger partial charge in [-0.25, -0.2) is 4.79 Å². The van der Waals surface area contributed by atoms with E-state index in [1.807, 2.05) is 50.2 Å². The number of anilines is 1. The minimum absolute atomic E-state index is 0.00900. The highest BCUT2D eigenvalue weighted by Crippen LogP contribution is 2.22. The molecule has 0 spiro atoms. The lowest BCUT2D eigenvalue weighted by Gasteiger charge is -2.27. The van der Waals surface area contributed by atoms with E-state index in [0.717, 1.165) is 11.1 Å². The smallest absolute Gasteiger partial charge is 0.319 e. The topological polar surface area (TPSA) is 61.4 Å². The number of amides is 3. The van der Waals surface area contributed by atoms with Crippen molar-refractivity contribution in [1.29, 1.82) is 0 Å². The lowest BCUT2D eigenvalue weighted by Crippen LogP contribution is -2.31. The molecule has 0 fully saturated rings.